The van der Waals surface area contributed by atoms with E-state index in [-0.39, 0.29) is 5.91 Å². The summed E-state index contributed by atoms with van der Waals surface area (Å²) in [6.07, 6.45) is 3.12. The van der Waals surface area contributed by atoms with Crippen LogP contribution in [0.3, 0.4) is 0 Å². The van der Waals surface area contributed by atoms with Crippen LogP contribution in [0, 0.1) is 18.8 Å². The van der Waals surface area contributed by atoms with E-state index in [0.717, 1.165) is 49.7 Å². The van der Waals surface area contributed by atoms with Crippen LogP contribution in [0.1, 0.15) is 28.2 Å². The van der Waals surface area contributed by atoms with Crippen LogP contribution in [0.5, 0.6) is 5.88 Å². The van der Waals surface area contributed by atoms with Crippen molar-refractivity contribution in [3.8, 4) is 28.4 Å². The van der Waals surface area contributed by atoms with Crippen molar-refractivity contribution in [3.05, 3.63) is 77.8 Å². The van der Waals surface area contributed by atoms with Crippen LogP contribution >= 0.6 is 0 Å². The minimum Gasteiger partial charge on any atom is -0.479 e. The van der Waals surface area contributed by atoms with Gasteiger partial charge in [-0.05, 0) is 49.4 Å². The van der Waals surface area contributed by atoms with Gasteiger partial charge in [-0.15, -0.1) is 0 Å². The molecule has 2 fully saturated rings. The molecule has 200 valence electrons. The van der Waals surface area contributed by atoms with Crippen molar-refractivity contribution in [1.29, 1.82) is 0 Å². The lowest BCUT2D eigenvalue weighted by molar-refractivity contribution is -0.0427. The van der Waals surface area contributed by atoms with Gasteiger partial charge in [-0.25, -0.2) is 4.98 Å². The second-order valence-electron chi connectivity index (χ2n) is 10.3. The first-order valence-corrected chi connectivity index (χ1v) is 13.2. The van der Waals surface area contributed by atoms with E-state index in [1.165, 1.54) is 13.5 Å². The van der Waals surface area contributed by atoms with Gasteiger partial charge in [0.25, 0.3) is 5.91 Å². The molecule has 1 aromatic carbocycles. The number of nitrogens with zero attached hydrogens (tertiary/aromatic N) is 4. The second-order valence-corrected chi connectivity index (χ2v) is 10.3. The van der Waals surface area contributed by atoms with Gasteiger partial charge in [0.1, 0.15) is 22.7 Å². The molecule has 4 aromatic rings. The lowest BCUT2D eigenvalue weighted by Crippen LogP contribution is -2.46. The molecule has 2 aliphatic heterocycles. The van der Waals surface area contributed by atoms with Crippen molar-refractivity contribution in [3.63, 3.8) is 0 Å². The van der Waals surface area contributed by atoms with E-state index in [1.807, 2.05) is 48.7 Å². The van der Waals surface area contributed by atoms with Gasteiger partial charge < -0.3 is 19.3 Å². The number of anilines is 1. The molecule has 5 heterocycles. The van der Waals surface area contributed by atoms with Gasteiger partial charge in [0.05, 0.1) is 31.7 Å². The number of amides is 1. The van der Waals surface area contributed by atoms with Crippen LogP contribution in [-0.2, 0) is 11.3 Å². The highest BCUT2D eigenvalue weighted by Crippen LogP contribution is 2.31. The Kier molecular flexibility index (Phi) is 7.08. The molecule has 9 nitrogen and oxygen atoms in total. The molecular weight excluding hydrogens is 494 g/mol. The quantitative estimate of drug-likeness (QED) is 0.366. The van der Waals surface area contributed by atoms with Gasteiger partial charge in [-0.3, -0.25) is 14.7 Å². The standard InChI is InChI=1S/C30H31N5O4/c1-19-27(28(34-39-19)22-6-4-3-5-7-22)29(36)32-26-11-10-25(33-30(26)37-2)23-8-9-24(31-13-23)16-35-14-20-12-21(15-35)18-38-17-20/h3-11,13,20-21H,12,14-18H2,1-2H3,(H,32,36). The molecule has 6 rings (SSSR count). The van der Waals surface area contributed by atoms with Crippen molar-refractivity contribution < 1.29 is 18.8 Å². The summed E-state index contributed by atoms with van der Waals surface area (Å²) in [5.41, 5.74) is 4.73. The zero-order chi connectivity index (χ0) is 26.8. The molecule has 0 radical (unpaired) electrons. The molecule has 0 saturated carbocycles. The molecule has 1 amide bonds. The van der Waals surface area contributed by atoms with Crippen molar-refractivity contribution in [1.82, 2.24) is 20.0 Å². The Hall–Kier alpha value is -4.08. The SMILES string of the molecule is COc1nc(-c2ccc(CN3CC4COCC(C4)C3)nc2)ccc1NC(=O)c1c(-c2ccccc2)noc1C. The first-order valence-electron chi connectivity index (χ1n) is 13.2. The Bertz CT molecular complexity index is 1440. The summed E-state index contributed by atoms with van der Waals surface area (Å²) >= 11 is 0. The molecule has 0 spiro atoms. The monoisotopic (exact) mass is 525 g/mol. The summed E-state index contributed by atoms with van der Waals surface area (Å²) in [5, 5.41) is 7.01. The number of carbonyl (C=O) groups excluding carboxylic acids is 1. The topological polar surface area (TPSA) is 103 Å². The van der Waals surface area contributed by atoms with Crippen molar-refractivity contribution >= 4 is 11.6 Å². The summed E-state index contributed by atoms with van der Waals surface area (Å²) in [5.74, 6) is 1.65. The highest BCUT2D eigenvalue weighted by Gasteiger charge is 2.31. The first kappa shape index (κ1) is 25.2. The summed E-state index contributed by atoms with van der Waals surface area (Å²) in [6, 6.07) is 17.2. The third kappa shape index (κ3) is 5.41. The number of hydrogen-bond donors (Lipinski definition) is 1. The van der Waals surface area contributed by atoms with Crippen LogP contribution in [0.2, 0.25) is 0 Å². The maximum absolute atomic E-state index is 13.3. The fraction of sp³-hybridized carbons (Fsp3) is 0.333. The number of likely N-dealkylation sites (tertiary alicyclic amines) is 1. The average molecular weight is 526 g/mol. The summed E-state index contributed by atoms with van der Waals surface area (Å²) in [6.45, 7) is 6.42. The smallest absolute Gasteiger partial charge is 0.261 e. The van der Waals surface area contributed by atoms with E-state index in [0.29, 0.717) is 46.1 Å². The third-order valence-electron chi connectivity index (χ3n) is 7.35. The zero-order valence-corrected chi connectivity index (χ0v) is 22.1. The van der Waals surface area contributed by atoms with E-state index in [1.54, 1.807) is 13.0 Å². The normalized spacial score (nSPS) is 19.0. The largest absolute Gasteiger partial charge is 0.479 e. The molecule has 2 unspecified atom stereocenters. The van der Waals surface area contributed by atoms with E-state index in [9.17, 15) is 4.79 Å². The van der Waals surface area contributed by atoms with E-state index in [4.69, 9.17) is 19.0 Å². The Balaban J connectivity index is 1.16. The minimum atomic E-state index is -0.347. The summed E-state index contributed by atoms with van der Waals surface area (Å²) in [4.78, 5) is 25.1. The van der Waals surface area contributed by atoms with Gasteiger partial charge >= 0.3 is 0 Å². The van der Waals surface area contributed by atoms with Gasteiger partial charge in [0, 0.05) is 37.0 Å². The molecule has 39 heavy (non-hydrogen) atoms. The molecule has 1 N–H and O–H groups in total. The number of pyridine rings is 2. The first-order chi connectivity index (χ1) is 19.1. The number of piperidine rings is 1. The van der Waals surface area contributed by atoms with Gasteiger partial charge in [-0.1, -0.05) is 35.5 Å². The van der Waals surface area contributed by atoms with Crippen LogP contribution in [0.15, 0.2) is 65.3 Å². The number of fused-ring (bicyclic) bond motifs is 2. The summed E-state index contributed by atoms with van der Waals surface area (Å²) in [7, 11) is 1.53. The van der Waals surface area contributed by atoms with Crippen LogP contribution in [0.25, 0.3) is 22.5 Å². The predicted octanol–water partition coefficient (Wildman–Crippen LogP) is 4.84. The van der Waals surface area contributed by atoms with Crippen molar-refractivity contribution in [2.75, 3.05) is 38.7 Å². The average Bonchev–Trinajstić information content (AvgIpc) is 3.35. The Morgan fingerprint density at radius 1 is 1.05 bits per heavy atom. The highest BCUT2D eigenvalue weighted by molar-refractivity contribution is 6.09. The maximum atomic E-state index is 13.3. The molecule has 2 aliphatic rings. The Morgan fingerprint density at radius 2 is 1.85 bits per heavy atom. The maximum Gasteiger partial charge on any atom is 0.261 e. The molecule has 2 saturated heterocycles. The molecule has 9 heteroatoms. The Morgan fingerprint density at radius 3 is 2.56 bits per heavy atom. The van der Waals surface area contributed by atoms with Crippen LogP contribution < -0.4 is 10.1 Å². The highest BCUT2D eigenvalue weighted by atomic mass is 16.5. The van der Waals surface area contributed by atoms with Gasteiger partial charge in [0.15, 0.2) is 0 Å². The molecular formula is C30H31N5O4. The number of hydrogen-bond acceptors (Lipinski definition) is 8. The number of methoxy groups -OCH3 is 1. The van der Waals surface area contributed by atoms with Crippen molar-refractivity contribution in [2.24, 2.45) is 11.8 Å². The number of aryl methyl sites for hydroxylation is 1. The summed E-state index contributed by atoms with van der Waals surface area (Å²) < 4.78 is 16.6. The van der Waals surface area contributed by atoms with Crippen LogP contribution in [0.4, 0.5) is 5.69 Å². The number of ether oxygens (including phenoxy) is 2. The molecule has 2 atom stereocenters. The van der Waals surface area contributed by atoms with E-state index in [2.05, 4.69) is 26.4 Å². The second kappa shape index (κ2) is 11.0. The fourth-order valence-electron chi connectivity index (χ4n) is 5.57. The molecule has 3 aromatic heterocycles. The third-order valence-corrected chi connectivity index (χ3v) is 7.35. The molecule has 2 bridgehead atoms. The van der Waals surface area contributed by atoms with Crippen molar-refractivity contribution in [2.45, 2.75) is 19.9 Å². The number of carbonyl (C=O) groups is 1. The van der Waals surface area contributed by atoms with Gasteiger partial charge in [-0.2, -0.15) is 0 Å². The fourth-order valence-corrected chi connectivity index (χ4v) is 5.57. The van der Waals surface area contributed by atoms with Crippen LogP contribution in [-0.4, -0.2) is 59.3 Å². The predicted molar refractivity (Wildman–Crippen MR) is 146 cm³/mol. The lowest BCUT2D eigenvalue weighted by atomic mass is 9.88. The number of benzene rings is 1. The minimum absolute atomic E-state index is 0.308. The number of aromatic nitrogens is 3. The van der Waals surface area contributed by atoms with E-state index < -0.39 is 0 Å². The lowest BCUT2D eigenvalue weighted by Gasteiger charge is -2.41. The van der Waals surface area contributed by atoms with Gasteiger partial charge in [0.2, 0.25) is 5.88 Å². The molecule has 0 aliphatic carbocycles. The Labute approximate surface area is 227 Å². The number of rotatable bonds is 7. The zero-order valence-electron chi connectivity index (χ0n) is 22.1. The number of nitrogens with one attached hydrogen (secondary N) is 1. The van der Waals surface area contributed by atoms with E-state index >= 15 is 0 Å².